The Bertz CT molecular complexity index is 1170. The maximum Gasteiger partial charge on any atom is 0.321 e. The van der Waals surface area contributed by atoms with Gasteiger partial charge in [-0.15, -0.1) is 0 Å². The molecule has 6 nitrogen and oxygen atoms in total. The average molecular weight is 427 g/mol. The second-order valence-electron chi connectivity index (χ2n) is 7.92. The highest BCUT2D eigenvalue weighted by molar-refractivity contribution is 6.04. The predicted octanol–water partition coefficient (Wildman–Crippen LogP) is 5.28. The summed E-state index contributed by atoms with van der Waals surface area (Å²) in [6, 6.07) is 23.7. The number of benzene rings is 3. The number of nitrogens with one attached hydrogen (secondary N) is 1. The standard InChI is InChI=1S/C26H26N4O2/c1-2-19-9-3-5-11-21(19)28-26(31)30-17-15-29(16-18-30)25-20-10-4-7-13-23(20)32-24-14-8-6-12-22(24)27-25/h3-14H,2,15-18H2,1H3,(H,28,31). The molecule has 162 valence electrons. The van der Waals surface area contributed by atoms with Gasteiger partial charge >= 0.3 is 6.03 Å². The van der Waals surface area contributed by atoms with Gasteiger partial charge in [-0.1, -0.05) is 49.4 Å². The fourth-order valence-electron chi connectivity index (χ4n) is 4.18. The number of piperazine rings is 1. The van der Waals surface area contributed by atoms with Crippen molar-refractivity contribution in [1.82, 2.24) is 9.80 Å². The van der Waals surface area contributed by atoms with Gasteiger partial charge in [0.15, 0.2) is 5.75 Å². The molecular weight excluding hydrogens is 400 g/mol. The zero-order valence-electron chi connectivity index (χ0n) is 18.1. The molecule has 0 aliphatic carbocycles. The van der Waals surface area contributed by atoms with Crippen molar-refractivity contribution in [2.45, 2.75) is 13.3 Å². The van der Waals surface area contributed by atoms with Gasteiger partial charge in [0, 0.05) is 31.9 Å². The number of urea groups is 1. The number of aliphatic imine (C=N–C) groups is 1. The number of hydrogen-bond donors (Lipinski definition) is 1. The minimum atomic E-state index is -0.0533. The van der Waals surface area contributed by atoms with Gasteiger partial charge in [0.05, 0.1) is 5.56 Å². The summed E-state index contributed by atoms with van der Waals surface area (Å²) >= 11 is 0. The van der Waals surface area contributed by atoms with Gasteiger partial charge < -0.3 is 19.9 Å². The molecule has 0 radical (unpaired) electrons. The van der Waals surface area contributed by atoms with Gasteiger partial charge in [0.2, 0.25) is 0 Å². The van der Waals surface area contributed by atoms with E-state index in [0.717, 1.165) is 46.3 Å². The number of para-hydroxylation sites is 4. The Morgan fingerprint density at radius 3 is 2.41 bits per heavy atom. The lowest BCUT2D eigenvalue weighted by molar-refractivity contribution is 0.181. The second-order valence-corrected chi connectivity index (χ2v) is 7.92. The minimum Gasteiger partial charge on any atom is -0.454 e. The van der Waals surface area contributed by atoms with Crippen LogP contribution in [0.15, 0.2) is 77.8 Å². The topological polar surface area (TPSA) is 57.2 Å². The number of hydrogen-bond acceptors (Lipinski definition) is 4. The summed E-state index contributed by atoms with van der Waals surface area (Å²) in [5, 5.41) is 3.08. The van der Waals surface area contributed by atoms with E-state index in [4.69, 9.17) is 9.73 Å². The Kier molecular flexibility index (Phi) is 5.50. The zero-order valence-corrected chi connectivity index (χ0v) is 18.1. The van der Waals surface area contributed by atoms with Gasteiger partial charge in [-0.3, -0.25) is 0 Å². The maximum absolute atomic E-state index is 12.9. The van der Waals surface area contributed by atoms with Gasteiger partial charge in [0.25, 0.3) is 0 Å². The molecule has 1 fully saturated rings. The third-order valence-electron chi connectivity index (χ3n) is 5.95. The number of amidine groups is 1. The van der Waals surface area contributed by atoms with Crippen LogP contribution in [0.3, 0.4) is 0 Å². The fraction of sp³-hybridized carbons (Fsp3) is 0.231. The molecule has 1 saturated heterocycles. The highest BCUT2D eigenvalue weighted by Crippen LogP contribution is 2.37. The predicted molar refractivity (Wildman–Crippen MR) is 127 cm³/mol. The van der Waals surface area contributed by atoms with Crippen LogP contribution in [0.4, 0.5) is 16.2 Å². The summed E-state index contributed by atoms with van der Waals surface area (Å²) < 4.78 is 6.16. The second kappa shape index (κ2) is 8.75. The van der Waals surface area contributed by atoms with Crippen LogP contribution in [-0.4, -0.2) is 47.8 Å². The molecule has 5 rings (SSSR count). The van der Waals surface area contributed by atoms with E-state index in [0.29, 0.717) is 26.2 Å². The van der Waals surface area contributed by atoms with E-state index >= 15 is 0 Å². The molecular formula is C26H26N4O2. The normalized spacial score (nSPS) is 15.1. The van der Waals surface area contributed by atoms with E-state index in [1.165, 1.54) is 0 Å². The number of carbonyl (C=O) groups excluding carboxylic acids is 1. The van der Waals surface area contributed by atoms with E-state index in [1.54, 1.807) is 0 Å². The third-order valence-corrected chi connectivity index (χ3v) is 5.95. The Balaban J connectivity index is 1.33. The van der Waals surface area contributed by atoms with Crippen molar-refractivity contribution in [3.8, 4) is 11.5 Å². The first-order valence-electron chi connectivity index (χ1n) is 11.1. The molecule has 0 bridgehead atoms. The van der Waals surface area contributed by atoms with Crippen molar-refractivity contribution in [2.75, 3.05) is 31.5 Å². The number of nitrogens with zero attached hydrogens (tertiary/aromatic N) is 3. The fourth-order valence-corrected chi connectivity index (χ4v) is 4.18. The van der Waals surface area contributed by atoms with Crippen molar-refractivity contribution in [2.24, 2.45) is 4.99 Å². The van der Waals surface area contributed by atoms with Crippen molar-refractivity contribution >= 4 is 23.2 Å². The summed E-state index contributed by atoms with van der Waals surface area (Å²) in [5.41, 5.74) is 3.81. The smallest absolute Gasteiger partial charge is 0.321 e. The van der Waals surface area contributed by atoms with Crippen LogP contribution in [0.25, 0.3) is 0 Å². The van der Waals surface area contributed by atoms with Gasteiger partial charge in [-0.2, -0.15) is 0 Å². The molecule has 2 heterocycles. The zero-order chi connectivity index (χ0) is 21.9. The Morgan fingerprint density at radius 1 is 0.906 bits per heavy atom. The van der Waals surface area contributed by atoms with Crippen LogP contribution in [0.1, 0.15) is 18.1 Å². The molecule has 32 heavy (non-hydrogen) atoms. The quantitative estimate of drug-likeness (QED) is 0.606. The van der Waals surface area contributed by atoms with E-state index in [9.17, 15) is 4.79 Å². The van der Waals surface area contributed by atoms with Crippen LogP contribution >= 0.6 is 0 Å². The molecule has 0 unspecified atom stereocenters. The van der Waals surface area contributed by atoms with Crippen molar-refractivity contribution in [3.63, 3.8) is 0 Å². The van der Waals surface area contributed by atoms with Crippen molar-refractivity contribution in [1.29, 1.82) is 0 Å². The first-order valence-corrected chi connectivity index (χ1v) is 11.1. The number of ether oxygens (including phenoxy) is 1. The molecule has 3 aromatic carbocycles. The summed E-state index contributed by atoms with van der Waals surface area (Å²) in [5.74, 6) is 2.44. The van der Waals surface area contributed by atoms with Gasteiger partial charge in [0.1, 0.15) is 17.3 Å². The molecule has 6 heteroatoms. The molecule has 2 amide bonds. The summed E-state index contributed by atoms with van der Waals surface area (Å²) in [4.78, 5) is 22.0. The molecule has 2 aliphatic heterocycles. The number of fused-ring (bicyclic) bond motifs is 2. The molecule has 0 aromatic heterocycles. The molecule has 0 saturated carbocycles. The van der Waals surface area contributed by atoms with Crippen LogP contribution in [0, 0.1) is 0 Å². The molecule has 2 aliphatic rings. The van der Waals surface area contributed by atoms with Crippen LogP contribution in [-0.2, 0) is 6.42 Å². The molecule has 0 atom stereocenters. The lowest BCUT2D eigenvalue weighted by Gasteiger charge is -2.36. The number of amides is 2. The summed E-state index contributed by atoms with van der Waals surface area (Å²) in [7, 11) is 0. The highest BCUT2D eigenvalue weighted by atomic mass is 16.5. The molecule has 1 N–H and O–H groups in total. The Morgan fingerprint density at radius 2 is 1.59 bits per heavy atom. The third kappa shape index (κ3) is 3.91. The molecule has 0 spiro atoms. The lowest BCUT2D eigenvalue weighted by Crippen LogP contribution is -2.51. The van der Waals surface area contributed by atoms with Gasteiger partial charge in [-0.25, -0.2) is 9.79 Å². The highest BCUT2D eigenvalue weighted by Gasteiger charge is 2.27. The lowest BCUT2D eigenvalue weighted by atomic mass is 10.1. The Labute approximate surface area is 188 Å². The largest absolute Gasteiger partial charge is 0.454 e. The van der Waals surface area contributed by atoms with Crippen LogP contribution in [0.2, 0.25) is 0 Å². The SMILES string of the molecule is CCc1ccccc1NC(=O)N1CCN(C2=Nc3ccccc3Oc3ccccc32)CC1. The monoisotopic (exact) mass is 426 g/mol. The number of anilines is 1. The van der Waals surface area contributed by atoms with Gasteiger partial charge in [-0.05, 0) is 42.3 Å². The van der Waals surface area contributed by atoms with E-state index in [2.05, 4.69) is 23.2 Å². The Hall–Kier alpha value is -3.80. The maximum atomic E-state index is 12.9. The van der Waals surface area contributed by atoms with Crippen LogP contribution < -0.4 is 10.1 Å². The number of carbonyl (C=O) groups is 1. The van der Waals surface area contributed by atoms with E-state index in [1.807, 2.05) is 71.6 Å². The first-order chi connectivity index (χ1) is 15.7. The molecule has 3 aromatic rings. The average Bonchev–Trinajstić information content (AvgIpc) is 3.01. The first kappa shape index (κ1) is 20.1. The van der Waals surface area contributed by atoms with Crippen molar-refractivity contribution < 1.29 is 9.53 Å². The number of aryl methyl sites for hydroxylation is 1. The number of rotatable bonds is 2. The van der Waals surface area contributed by atoms with E-state index < -0.39 is 0 Å². The van der Waals surface area contributed by atoms with E-state index in [-0.39, 0.29) is 6.03 Å². The minimum absolute atomic E-state index is 0.0533. The summed E-state index contributed by atoms with van der Waals surface area (Å²) in [6.45, 7) is 4.76. The summed E-state index contributed by atoms with van der Waals surface area (Å²) in [6.07, 6.45) is 0.882. The van der Waals surface area contributed by atoms with Crippen molar-refractivity contribution in [3.05, 3.63) is 83.9 Å². The van der Waals surface area contributed by atoms with Crippen LogP contribution in [0.5, 0.6) is 11.5 Å².